The molecule has 0 spiro atoms. The minimum atomic E-state index is -2.90. The van der Waals surface area contributed by atoms with Gasteiger partial charge in [-0.05, 0) is 57.9 Å². The number of furan rings is 1. The average molecular weight is 638 g/mol. The number of hydroxylamine groups is 2. The third-order valence-electron chi connectivity index (χ3n) is 6.36. The molecule has 4 amide bonds. The van der Waals surface area contributed by atoms with Gasteiger partial charge in [-0.2, -0.15) is 5.06 Å². The fourth-order valence-corrected chi connectivity index (χ4v) is 4.72. The van der Waals surface area contributed by atoms with Crippen LogP contribution in [-0.4, -0.2) is 59.6 Å². The van der Waals surface area contributed by atoms with Crippen molar-refractivity contribution in [3.63, 3.8) is 0 Å². The van der Waals surface area contributed by atoms with Gasteiger partial charge in [-0.3, -0.25) is 14.4 Å². The van der Waals surface area contributed by atoms with Crippen LogP contribution in [0.15, 0.2) is 34.7 Å². The molecule has 0 aliphatic carbocycles. The molecular formula is C29H42N4O10P+. The predicted octanol–water partition coefficient (Wildman–Crippen LogP) is 4.66. The zero-order valence-electron chi connectivity index (χ0n) is 25.7. The molecule has 0 bridgehead atoms. The molecule has 1 heterocycles. The number of carbonyl (C=O) groups is 4. The van der Waals surface area contributed by atoms with Crippen LogP contribution in [0.25, 0.3) is 11.3 Å². The van der Waals surface area contributed by atoms with E-state index in [9.17, 15) is 23.7 Å². The van der Waals surface area contributed by atoms with E-state index in [0.717, 1.165) is 17.9 Å². The summed E-state index contributed by atoms with van der Waals surface area (Å²) in [7, 11) is -2.90. The molecule has 1 aromatic carbocycles. The zero-order chi connectivity index (χ0) is 32.6. The number of carbonyl (C=O) groups excluding carboxylic acids is 4. The van der Waals surface area contributed by atoms with Crippen molar-refractivity contribution in [3.8, 4) is 22.8 Å². The van der Waals surface area contributed by atoms with Crippen LogP contribution in [0.4, 0.5) is 4.79 Å². The first-order chi connectivity index (χ1) is 21.0. The molecule has 0 saturated heterocycles. The summed E-state index contributed by atoms with van der Waals surface area (Å²) in [6.45, 7) is 9.20. The van der Waals surface area contributed by atoms with Crippen molar-refractivity contribution in [2.45, 2.75) is 78.8 Å². The van der Waals surface area contributed by atoms with Crippen LogP contribution >= 0.6 is 8.25 Å². The summed E-state index contributed by atoms with van der Waals surface area (Å²) in [5.74, 6) is -1.05. The Kier molecular flexibility index (Phi) is 15.1. The number of amides is 4. The number of unbranched alkanes of at least 4 members (excludes halogenated alkanes) is 2. The summed E-state index contributed by atoms with van der Waals surface area (Å²) in [5.41, 5.74) is 0.444. The third-order valence-corrected chi connectivity index (χ3v) is 6.73. The smallest absolute Gasteiger partial charge is 0.494 e. The number of hydrogen-bond acceptors (Lipinski definition) is 9. The van der Waals surface area contributed by atoms with E-state index in [1.807, 2.05) is 6.92 Å². The first-order valence-corrected chi connectivity index (χ1v) is 15.7. The zero-order valence-corrected chi connectivity index (χ0v) is 26.6. The van der Waals surface area contributed by atoms with Crippen molar-refractivity contribution in [1.29, 1.82) is 0 Å². The van der Waals surface area contributed by atoms with E-state index in [-0.39, 0.29) is 30.0 Å². The lowest BCUT2D eigenvalue weighted by Gasteiger charge is -2.32. The maximum absolute atomic E-state index is 13.3. The molecule has 2 rings (SSSR count). The number of rotatable bonds is 19. The Bertz CT molecular complexity index is 1270. The Morgan fingerprint density at radius 2 is 1.80 bits per heavy atom. The van der Waals surface area contributed by atoms with Crippen LogP contribution in [0.3, 0.4) is 0 Å². The van der Waals surface area contributed by atoms with Crippen LogP contribution in [0.5, 0.6) is 11.5 Å². The SMILES string of the molecule is CCCCCC(C(=O)NCNC(=O)c1ccc(-c2cc(OCC)cc(O[P+](=O)O)c2)o1)C(CC)N(C=O)OC(=O)NC(C)C. The maximum Gasteiger partial charge on any atom is 0.747 e. The molecule has 0 saturated carbocycles. The van der Waals surface area contributed by atoms with Crippen molar-refractivity contribution in [2.24, 2.45) is 5.92 Å². The van der Waals surface area contributed by atoms with E-state index in [1.165, 1.54) is 18.2 Å². The molecule has 242 valence electrons. The standard InChI is InChI=1S/C29H41N4O10P/c1-6-9-10-11-23(24(7-2)33(18-34)42-29(37)32-19(4)5)27(35)30-17-31-28(36)26-13-12-25(41-26)20-14-21(40-8-3)16-22(15-20)43-44(38)39/h12-16,18-19,23-24H,6-11,17H2,1-5H3,(H3-,30,31,32,35,36,37,38,39)/p+1. The quantitative estimate of drug-likeness (QED) is 0.0555. The molecule has 0 fully saturated rings. The highest BCUT2D eigenvalue weighted by Gasteiger charge is 2.33. The highest BCUT2D eigenvalue weighted by atomic mass is 31.1. The van der Waals surface area contributed by atoms with E-state index < -0.39 is 38.1 Å². The second-order valence-electron chi connectivity index (χ2n) is 10.1. The van der Waals surface area contributed by atoms with Gasteiger partial charge in [0.15, 0.2) is 11.5 Å². The van der Waals surface area contributed by atoms with Crippen molar-refractivity contribution >= 4 is 32.6 Å². The van der Waals surface area contributed by atoms with E-state index in [1.54, 1.807) is 39.8 Å². The lowest BCUT2D eigenvalue weighted by atomic mass is 9.90. The van der Waals surface area contributed by atoms with E-state index in [2.05, 4.69) is 16.0 Å². The summed E-state index contributed by atoms with van der Waals surface area (Å²) in [6, 6.07) is 6.59. The number of nitrogens with one attached hydrogen (secondary N) is 3. The fraction of sp³-hybridized carbons (Fsp3) is 0.517. The van der Waals surface area contributed by atoms with Crippen molar-refractivity contribution in [3.05, 3.63) is 36.1 Å². The number of nitrogens with zero attached hydrogens (tertiary/aromatic N) is 1. The van der Waals surface area contributed by atoms with Gasteiger partial charge in [0.25, 0.3) is 5.91 Å². The van der Waals surface area contributed by atoms with Crippen molar-refractivity contribution in [1.82, 2.24) is 21.0 Å². The summed E-state index contributed by atoms with van der Waals surface area (Å²) in [5, 5.41) is 8.67. The average Bonchev–Trinajstić information content (AvgIpc) is 3.46. The predicted molar refractivity (Wildman–Crippen MR) is 161 cm³/mol. The number of hydrogen-bond donors (Lipinski definition) is 4. The van der Waals surface area contributed by atoms with E-state index in [0.29, 0.717) is 43.6 Å². The molecule has 44 heavy (non-hydrogen) atoms. The second kappa shape index (κ2) is 18.5. The molecule has 0 radical (unpaired) electrons. The summed E-state index contributed by atoms with van der Waals surface area (Å²) in [4.78, 5) is 64.4. The van der Waals surface area contributed by atoms with Crippen molar-refractivity contribution < 1.29 is 47.2 Å². The Hall–Kier alpha value is -4.16. The Balaban J connectivity index is 2.10. The molecule has 4 N–H and O–H groups in total. The number of benzene rings is 1. The molecule has 1 aromatic heterocycles. The lowest BCUT2D eigenvalue weighted by molar-refractivity contribution is -0.169. The summed E-state index contributed by atoms with van der Waals surface area (Å²) in [6.07, 6.45) is 2.85. The Morgan fingerprint density at radius 1 is 1.07 bits per heavy atom. The Morgan fingerprint density at radius 3 is 2.41 bits per heavy atom. The minimum Gasteiger partial charge on any atom is -0.494 e. The first kappa shape index (κ1) is 36.0. The van der Waals surface area contributed by atoms with Crippen LogP contribution in [0.2, 0.25) is 0 Å². The van der Waals surface area contributed by atoms with Crippen LogP contribution in [0.1, 0.15) is 77.3 Å². The van der Waals surface area contributed by atoms with Gasteiger partial charge in [0.1, 0.15) is 11.5 Å². The molecule has 3 atom stereocenters. The molecule has 2 aromatic rings. The van der Waals surface area contributed by atoms with Gasteiger partial charge >= 0.3 is 14.3 Å². The van der Waals surface area contributed by atoms with Gasteiger partial charge in [0.2, 0.25) is 12.3 Å². The minimum absolute atomic E-state index is 0.0469. The second-order valence-corrected chi connectivity index (χ2v) is 10.7. The fourth-order valence-electron chi connectivity index (χ4n) is 4.43. The molecule has 15 heteroatoms. The van der Waals surface area contributed by atoms with Gasteiger partial charge < -0.3 is 29.9 Å². The van der Waals surface area contributed by atoms with Crippen LogP contribution in [-0.2, 0) is 19.0 Å². The topological polar surface area (TPSA) is 186 Å². The molecule has 3 unspecified atom stereocenters. The first-order valence-electron chi connectivity index (χ1n) is 14.5. The van der Waals surface area contributed by atoms with Gasteiger partial charge in [-0.1, -0.05) is 33.1 Å². The third kappa shape index (κ3) is 11.5. The highest BCUT2D eigenvalue weighted by molar-refractivity contribution is 7.32. The normalized spacial score (nSPS) is 12.5. The lowest BCUT2D eigenvalue weighted by Crippen LogP contribution is -2.50. The van der Waals surface area contributed by atoms with Gasteiger partial charge in [-0.25, -0.2) is 9.32 Å². The van der Waals surface area contributed by atoms with Crippen LogP contribution < -0.4 is 25.2 Å². The van der Waals surface area contributed by atoms with E-state index >= 15 is 0 Å². The number of ether oxygens (including phenoxy) is 1. The molecule has 0 aliphatic rings. The van der Waals surface area contributed by atoms with Crippen LogP contribution in [0, 0.1) is 5.92 Å². The van der Waals surface area contributed by atoms with Gasteiger partial charge in [0.05, 0.1) is 25.2 Å². The largest absolute Gasteiger partial charge is 0.747 e. The highest BCUT2D eigenvalue weighted by Crippen LogP contribution is 2.34. The maximum atomic E-state index is 13.3. The van der Waals surface area contributed by atoms with Gasteiger partial charge in [0, 0.05) is 22.2 Å². The monoisotopic (exact) mass is 637 g/mol. The molecular weight excluding hydrogens is 595 g/mol. The molecule has 14 nitrogen and oxygen atoms in total. The summed E-state index contributed by atoms with van der Waals surface area (Å²) >= 11 is 0. The Labute approximate surface area is 257 Å². The van der Waals surface area contributed by atoms with Crippen molar-refractivity contribution in [2.75, 3.05) is 13.3 Å². The van der Waals surface area contributed by atoms with E-state index in [4.69, 9.17) is 23.4 Å². The molecule has 0 aliphatic heterocycles. The van der Waals surface area contributed by atoms with Gasteiger partial charge in [-0.15, -0.1) is 4.89 Å². The summed E-state index contributed by atoms with van der Waals surface area (Å²) < 4.78 is 27.2.